The molecule has 2 heterocycles. The number of aromatic nitrogens is 1. The molecular weight excluding hydrogens is 294 g/mol. The zero-order chi connectivity index (χ0) is 16.7. The maximum atomic E-state index is 12.6. The smallest absolute Gasteiger partial charge is 0.327 e. The zero-order valence-corrected chi connectivity index (χ0v) is 14.0. The summed E-state index contributed by atoms with van der Waals surface area (Å²) >= 11 is 0. The number of aryl methyl sites for hydroxylation is 1. The zero-order valence-electron chi connectivity index (χ0n) is 14.0. The SMILES string of the molecule is CCCn1c(C)cc(C(=O)CN2C(=O)CN(C3CC3)C2=O)c1C. The van der Waals surface area contributed by atoms with Crippen molar-refractivity contribution in [2.45, 2.75) is 52.6 Å². The third-order valence-corrected chi connectivity index (χ3v) is 4.69. The van der Waals surface area contributed by atoms with Gasteiger partial charge in [-0.3, -0.25) is 14.5 Å². The Morgan fingerprint density at radius 1 is 1.26 bits per heavy atom. The molecule has 0 aromatic carbocycles. The van der Waals surface area contributed by atoms with Gasteiger partial charge in [-0.1, -0.05) is 6.92 Å². The second-order valence-electron chi connectivity index (χ2n) is 6.48. The number of carbonyl (C=O) groups excluding carboxylic acids is 3. The summed E-state index contributed by atoms with van der Waals surface area (Å²) in [7, 11) is 0. The van der Waals surface area contributed by atoms with Gasteiger partial charge in [0.2, 0.25) is 0 Å². The number of imide groups is 1. The van der Waals surface area contributed by atoms with Crippen molar-refractivity contribution in [3.8, 4) is 0 Å². The minimum atomic E-state index is -0.312. The van der Waals surface area contributed by atoms with Crippen molar-refractivity contribution >= 4 is 17.7 Å². The van der Waals surface area contributed by atoms with E-state index in [1.807, 2.05) is 19.9 Å². The fourth-order valence-electron chi connectivity index (χ4n) is 3.27. The van der Waals surface area contributed by atoms with Crippen molar-refractivity contribution < 1.29 is 14.4 Å². The van der Waals surface area contributed by atoms with Gasteiger partial charge in [0.15, 0.2) is 5.78 Å². The molecule has 1 aliphatic heterocycles. The summed E-state index contributed by atoms with van der Waals surface area (Å²) in [6.45, 7) is 6.81. The Labute approximate surface area is 136 Å². The molecule has 1 aliphatic carbocycles. The van der Waals surface area contributed by atoms with Crippen LogP contribution in [-0.2, 0) is 11.3 Å². The Balaban J connectivity index is 1.75. The third kappa shape index (κ3) is 2.78. The van der Waals surface area contributed by atoms with Crippen molar-refractivity contribution in [2.24, 2.45) is 0 Å². The second-order valence-corrected chi connectivity index (χ2v) is 6.48. The molecule has 1 saturated carbocycles. The van der Waals surface area contributed by atoms with Crippen LogP contribution in [0.1, 0.15) is 47.9 Å². The predicted molar refractivity (Wildman–Crippen MR) is 85.4 cm³/mol. The van der Waals surface area contributed by atoms with Gasteiger partial charge < -0.3 is 9.47 Å². The van der Waals surface area contributed by atoms with E-state index < -0.39 is 0 Å². The van der Waals surface area contributed by atoms with Crippen LogP contribution >= 0.6 is 0 Å². The first kappa shape index (κ1) is 15.8. The fourth-order valence-corrected chi connectivity index (χ4v) is 3.27. The van der Waals surface area contributed by atoms with Gasteiger partial charge in [-0.2, -0.15) is 0 Å². The van der Waals surface area contributed by atoms with E-state index >= 15 is 0 Å². The highest BCUT2D eigenvalue weighted by molar-refractivity contribution is 6.08. The highest BCUT2D eigenvalue weighted by atomic mass is 16.2. The molecule has 0 bridgehead atoms. The Hall–Kier alpha value is -2.11. The molecule has 6 heteroatoms. The summed E-state index contributed by atoms with van der Waals surface area (Å²) in [4.78, 5) is 39.7. The van der Waals surface area contributed by atoms with Crippen molar-refractivity contribution in [2.75, 3.05) is 13.1 Å². The van der Waals surface area contributed by atoms with Crippen molar-refractivity contribution in [3.05, 3.63) is 23.0 Å². The molecule has 3 amide bonds. The molecule has 0 N–H and O–H groups in total. The van der Waals surface area contributed by atoms with E-state index in [1.54, 1.807) is 4.90 Å². The monoisotopic (exact) mass is 317 g/mol. The molecule has 2 fully saturated rings. The van der Waals surface area contributed by atoms with Gasteiger partial charge in [-0.25, -0.2) is 4.79 Å². The number of hydrogen-bond donors (Lipinski definition) is 0. The van der Waals surface area contributed by atoms with Crippen molar-refractivity contribution in [1.29, 1.82) is 0 Å². The van der Waals surface area contributed by atoms with E-state index in [4.69, 9.17) is 0 Å². The lowest BCUT2D eigenvalue weighted by molar-refractivity contribution is -0.125. The highest BCUT2D eigenvalue weighted by Crippen LogP contribution is 2.30. The van der Waals surface area contributed by atoms with Crippen LogP contribution in [-0.4, -0.2) is 51.2 Å². The third-order valence-electron chi connectivity index (χ3n) is 4.69. The minimum absolute atomic E-state index is 0.117. The normalized spacial score (nSPS) is 18.2. The van der Waals surface area contributed by atoms with Crippen LogP contribution in [0.4, 0.5) is 4.79 Å². The minimum Gasteiger partial charge on any atom is -0.348 e. The molecule has 1 aromatic rings. The molecule has 3 rings (SSSR count). The van der Waals surface area contributed by atoms with E-state index in [0.717, 1.165) is 42.1 Å². The lowest BCUT2D eigenvalue weighted by Crippen LogP contribution is -2.37. The number of hydrogen-bond acceptors (Lipinski definition) is 3. The number of ketones is 1. The fraction of sp³-hybridized carbons (Fsp3) is 0.588. The Morgan fingerprint density at radius 3 is 2.57 bits per heavy atom. The van der Waals surface area contributed by atoms with Crippen LogP contribution in [0.15, 0.2) is 6.07 Å². The van der Waals surface area contributed by atoms with Crippen molar-refractivity contribution in [3.63, 3.8) is 0 Å². The standard InChI is InChI=1S/C17H23N3O3/c1-4-7-18-11(2)8-14(12(18)3)15(21)9-20-16(22)10-19(17(20)23)13-5-6-13/h8,13H,4-7,9-10H2,1-3H3. The van der Waals surface area contributed by atoms with Gasteiger partial charge in [0, 0.05) is 29.5 Å². The molecule has 6 nitrogen and oxygen atoms in total. The van der Waals surface area contributed by atoms with E-state index in [1.165, 1.54) is 0 Å². The average Bonchev–Trinajstić information content (AvgIpc) is 3.26. The van der Waals surface area contributed by atoms with Crippen LogP contribution in [0.2, 0.25) is 0 Å². The Kier molecular flexibility index (Phi) is 4.00. The predicted octanol–water partition coefficient (Wildman–Crippen LogP) is 2.12. The second kappa shape index (κ2) is 5.83. The summed E-state index contributed by atoms with van der Waals surface area (Å²) < 4.78 is 2.11. The average molecular weight is 317 g/mol. The van der Waals surface area contributed by atoms with E-state index in [0.29, 0.717) is 5.56 Å². The molecule has 1 saturated heterocycles. The topological polar surface area (TPSA) is 62.6 Å². The van der Waals surface area contributed by atoms with E-state index in [2.05, 4.69) is 11.5 Å². The molecule has 23 heavy (non-hydrogen) atoms. The Bertz CT molecular complexity index is 673. The number of carbonyl (C=O) groups is 3. The molecule has 1 aromatic heterocycles. The first-order valence-corrected chi connectivity index (χ1v) is 8.25. The van der Waals surface area contributed by atoms with Crippen LogP contribution in [0.5, 0.6) is 0 Å². The molecule has 124 valence electrons. The van der Waals surface area contributed by atoms with Gasteiger partial charge >= 0.3 is 6.03 Å². The molecule has 0 radical (unpaired) electrons. The summed E-state index contributed by atoms with van der Waals surface area (Å²) in [5.74, 6) is -0.433. The van der Waals surface area contributed by atoms with E-state index in [9.17, 15) is 14.4 Å². The molecule has 0 spiro atoms. The summed E-state index contributed by atoms with van der Waals surface area (Å²) in [6, 6.07) is 1.74. The first-order chi connectivity index (χ1) is 10.9. The van der Waals surface area contributed by atoms with Crippen LogP contribution in [0.25, 0.3) is 0 Å². The van der Waals surface area contributed by atoms with Gasteiger partial charge in [0.25, 0.3) is 5.91 Å². The quantitative estimate of drug-likeness (QED) is 0.596. The molecule has 0 atom stereocenters. The largest absolute Gasteiger partial charge is 0.348 e. The van der Waals surface area contributed by atoms with Gasteiger partial charge in [0.05, 0.1) is 6.54 Å². The summed E-state index contributed by atoms with van der Waals surface area (Å²) in [5, 5.41) is 0. The first-order valence-electron chi connectivity index (χ1n) is 8.25. The number of amides is 3. The lowest BCUT2D eigenvalue weighted by atomic mass is 10.1. The van der Waals surface area contributed by atoms with Crippen LogP contribution < -0.4 is 0 Å². The lowest BCUT2D eigenvalue weighted by Gasteiger charge is -2.16. The molecular formula is C17H23N3O3. The number of nitrogens with zero attached hydrogens (tertiary/aromatic N) is 3. The summed E-state index contributed by atoms with van der Waals surface area (Å²) in [6.07, 6.45) is 2.90. The van der Waals surface area contributed by atoms with Gasteiger partial charge in [0.1, 0.15) is 6.54 Å². The number of urea groups is 1. The maximum Gasteiger partial charge on any atom is 0.327 e. The molecule has 0 unspecified atom stereocenters. The van der Waals surface area contributed by atoms with Gasteiger partial charge in [-0.15, -0.1) is 0 Å². The number of Topliss-reactive ketones (excluding diaryl/α,β-unsaturated/α-hetero) is 1. The van der Waals surface area contributed by atoms with Gasteiger partial charge in [-0.05, 0) is 39.2 Å². The Morgan fingerprint density at radius 2 is 1.96 bits per heavy atom. The van der Waals surface area contributed by atoms with Crippen molar-refractivity contribution in [1.82, 2.24) is 14.4 Å². The van der Waals surface area contributed by atoms with Crippen LogP contribution in [0.3, 0.4) is 0 Å². The summed E-state index contributed by atoms with van der Waals surface area (Å²) in [5.41, 5.74) is 2.56. The highest BCUT2D eigenvalue weighted by Gasteiger charge is 2.44. The van der Waals surface area contributed by atoms with E-state index in [-0.39, 0.29) is 36.9 Å². The van der Waals surface area contributed by atoms with Crippen LogP contribution in [0, 0.1) is 13.8 Å². The molecule has 2 aliphatic rings. The maximum absolute atomic E-state index is 12.6. The number of rotatable bonds is 6.